The lowest BCUT2D eigenvalue weighted by Crippen LogP contribution is -2.20. The minimum absolute atomic E-state index is 0.212. The third-order valence-corrected chi connectivity index (χ3v) is 3.41. The summed E-state index contributed by atoms with van der Waals surface area (Å²) < 4.78 is 13.9. The first-order valence-corrected chi connectivity index (χ1v) is 5.23. The standard InChI is InChI=1S/C10H11FOS/c1-10(11)4-5-13-9-6-7(12)2-3-8(9)10/h2-3,6,12H,4-5H2,1H3. The zero-order valence-electron chi connectivity index (χ0n) is 7.38. The van der Waals surface area contributed by atoms with Gasteiger partial charge in [0.1, 0.15) is 11.4 Å². The van der Waals surface area contributed by atoms with Crippen molar-refractivity contribution < 1.29 is 9.50 Å². The summed E-state index contributed by atoms with van der Waals surface area (Å²) in [4.78, 5) is 0.872. The Morgan fingerprint density at radius 3 is 3.08 bits per heavy atom. The van der Waals surface area contributed by atoms with Gasteiger partial charge in [0, 0.05) is 16.2 Å². The van der Waals surface area contributed by atoms with Gasteiger partial charge in [0.25, 0.3) is 0 Å². The second-order valence-corrected chi connectivity index (χ2v) is 4.61. The molecule has 3 heteroatoms. The van der Waals surface area contributed by atoms with Crippen LogP contribution in [0.4, 0.5) is 4.39 Å². The normalized spacial score (nSPS) is 26.9. The molecule has 1 N–H and O–H groups in total. The van der Waals surface area contributed by atoms with Crippen LogP contribution in [-0.4, -0.2) is 10.9 Å². The Morgan fingerprint density at radius 2 is 2.31 bits per heavy atom. The highest BCUT2D eigenvalue weighted by molar-refractivity contribution is 7.99. The van der Waals surface area contributed by atoms with Crippen molar-refractivity contribution in [3.8, 4) is 5.75 Å². The molecular formula is C10H11FOS. The van der Waals surface area contributed by atoms with Gasteiger partial charge in [-0.3, -0.25) is 0 Å². The predicted molar refractivity (Wildman–Crippen MR) is 51.9 cm³/mol. The zero-order valence-corrected chi connectivity index (χ0v) is 8.20. The third kappa shape index (κ3) is 1.53. The van der Waals surface area contributed by atoms with Crippen molar-refractivity contribution in [2.75, 3.05) is 5.75 Å². The van der Waals surface area contributed by atoms with Gasteiger partial charge in [0.2, 0.25) is 0 Å². The molecule has 1 aromatic carbocycles. The second kappa shape index (κ2) is 2.91. The van der Waals surface area contributed by atoms with Crippen molar-refractivity contribution in [2.24, 2.45) is 0 Å². The van der Waals surface area contributed by atoms with E-state index >= 15 is 0 Å². The summed E-state index contributed by atoms with van der Waals surface area (Å²) in [5, 5.41) is 9.22. The quantitative estimate of drug-likeness (QED) is 0.691. The maximum atomic E-state index is 13.9. The molecule has 2 rings (SSSR count). The summed E-state index contributed by atoms with van der Waals surface area (Å²) >= 11 is 1.61. The van der Waals surface area contributed by atoms with Gasteiger partial charge >= 0.3 is 0 Å². The molecule has 1 aliphatic heterocycles. The Balaban J connectivity index is 2.53. The van der Waals surface area contributed by atoms with Crippen molar-refractivity contribution in [3.63, 3.8) is 0 Å². The molecule has 0 saturated carbocycles. The number of halogens is 1. The molecule has 0 amide bonds. The van der Waals surface area contributed by atoms with Gasteiger partial charge in [-0.25, -0.2) is 4.39 Å². The van der Waals surface area contributed by atoms with E-state index in [1.807, 2.05) is 0 Å². The van der Waals surface area contributed by atoms with Gasteiger partial charge in [0.15, 0.2) is 0 Å². The molecule has 1 aromatic rings. The maximum absolute atomic E-state index is 13.9. The fraction of sp³-hybridized carbons (Fsp3) is 0.400. The number of phenols is 1. The second-order valence-electron chi connectivity index (χ2n) is 3.48. The monoisotopic (exact) mass is 198 g/mol. The molecule has 1 atom stereocenters. The summed E-state index contributed by atoms with van der Waals surface area (Å²) in [7, 11) is 0. The largest absolute Gasteiger partial charge is 0.508 e. The van der Waals surface area contributed by atoms with Crippen LogP contribution in [0.2, 0.25) is 0 Å². The predicted octanol–water partition coefficient (Wildman–Crippen LogP) is 3.07. The van der Waals surface area contributed by atoms with E-state index in [1.54, 1.807) is 36.9 Å². The van der Waals surface area contributed by atoms with Crippen LogP contribution in [0.25, 0.3) is 0 Å². The van der Waals surface area contributed by atoms with Crippen LogP contribution >= 0.6 is 11.8 Å². The highest BCUT2D eigenvalue weighted by Crippen LogP contribution is 2.43. The van der Waals surface area contributed by atoms with Crippen LogP contribution in [0.1, 0.15) is 18.9 Å². The maximum Gasteiger partial charge on any atom is 0.135 e. The number of phenolic OH excluding ortho intramolecular Hbond substituents is 1. The Morgan fingerprint density at radius 1 is 1.54 bits per heavy atom. The number of benzene rings is 1. The van der Waals surface area contributed by atoms with Crippen molar-refractivity contribution in [1.29, 1.82) is 0 Å². The number of aromatic hydroxyl groups is 1. The number of alkyl halides is 1. The molecule has 1 unspecified atom stereocenters. The van der Waals surface area contributed by atoms with E-state index < -0.39 is 5.67 Å². The van der Waals surface area contributed by atoms with Crippen LogP contribution in [0.5, 0.6) is 5.75 Å². The zero-order chi connectivity index (χ0) is 9.47. The summed E-state index contributed by atoms with van der Waals surface area (Å²) in [6.07, 6.45) is 0.551. The molecule has 70 valence electrons. The molecule has 0 aliphatic carbocycles. The van der Waals surface area contributed by atoms with Crippen LogP contribution in [0.15, 0.2) is 23.1 Å². The molecular weight excluding hydrogens is 187 g/mol. The average Bonchev–Trinajstić information content (AvgIpc) is 2.02. The summed E-state index contributed by atoms with van der Waals surface area (Å²) in [5.41, 5.74) is -0.518. The van der Waals surface area contributed by atoms with E-state index in [1.165, 1.54) is 0 Å². The molecule has 13 heavy (non-hydrogen) atoms. The molecule has 0 radical (unpaired) electrons. The third-order valence-electron chi connectivity index (χ3n) is 2.36. The number of rotatable bonds is 0. The molecule has 0 saturated heterocycles. The van der Waals surface area contributed by atoms with Crippen LogP contribution in [0, 0.1) is 0 Å². The fourth-order valence-electron chi connectivity index (χ4n) is 1.55. The van der Waals surface area contributed by atoms with E-state index in [-0.39, 0.29) is 5.75 Å². The number of thioether (sulfide) groups is 1. The number of hydrogen-bond donors (Lipinski definition) is 1. The van der Waals surface area contributed by atoms with E-state index in [9.17, 15) is 9.50 Å². The molecule has 0 aromatic heterocycles. The van der Waals surface area contributed by atoms with Crippen molar-refractivity contribution in [2.45, 2.75) is 23.9 Å². The van der Waals surface area contributed by atoms with E-state index in [4.69, 9.17) is 0 Å². The minimum Gasteiger partial charge on any atom is -0.508 e. The minimum atomic E-state index is -1.23. The fourth-order valence-corrected chi connectivity index (χ4v) is 2.89. The Hall–Kier alpha value is -0.700. The van der Waals surface area contributed by atoms with Gasteiger partial charge in [0.05, 0.1) is 0 Å². The van der Waals surface area contributed by atoms with Crippen molar-refractivity contribution in [3.05, 3.63) is 23.8 Å². The first-order valence-electron chi connectivity index (χ1n) is 4.25. The van der Waals surface area contributed by atoms with Gasteiger partial charge < -0.3 is 5.11 Å². The van der Waals surface area contributed by atoms with Crippen molar-refractivity contribution >= 4 is 11.8 Å². The SMILES string of the molecule is CC1(F)CCSc2cc(O)ccc21. The van der Waals surface area contributed by atoms with Crippen LogP contribution < -0.4 is 0 Å². The van der Waals surface area contributed by atoms with E-state index in [2.05, 4.69) is 0 Å². The van der Waals surface area contributed by atoms with Crippen LogP contribution in [0.3, 0.4) is 0 Å². The molecule has 0 spiro atoms. The Kier molecular flexibility index (Phi) is 1.99. The Bertz CT molecular complexity index is 336. The summed E-state index contributed by atoms with van der Waals surface area (Å²) in [6, 6.07) is 4.86. The van der Waals surface area contributed by atoms with E-state index in [0.717, 1.165) is 10.6 Å². The lowest BCUT2D eigenvalue weighted by atomic mass is 9.94. The van der Waals surface area contributed by atoms with Crippen molar-refractivity contribution in [1.82, 2.24) is 0 Å². The molecule has 1 nitrogen and oxygen atoms in total. The number of fused-ring (bicyclic) bond motifs is 1. The molecule has 0 bridgehead atoms. The van der Waals surface area contributed by atoms with Gasteiger partial charge in [-0.15, -0.1) is 11.8 Å². The molecule has 0 fully saturated rings. The van der Waals surface area contributed by atoms with Gasteiger partial charge in [-0.1, -0.05) is 6.07 Å². The molecule has 1 aliphatic rings. The number of hydrogen-bond acceptors (Lipinski definition) is 2. The topological polar surface area (TPSA) is 20.2 Å². The van der Waals surface area contributed by atoms with Crippen LogP contribution in [-0.2, 0) is 5.67 Å². The summed E-state index contributed by atoms with van der Waals surface area (Å²) in [5.74, 6) is 0.993. The first kappa shape index (κ1) is 8.88. The highest BCUT2D eigenvalue weighted by Gasteiger charge is 2.31. The Labute approximate surface area is 81.0 Å². The van der Waals surface area contributed by atoms with E-state index in [0.29, 0.717) is 12.0 Å². The lowest BCUT2D eigenvalue weighted by molar-refractivity contribution is 0.180. The van der Waals surface area contributed by atoms with Gasteiger partial charge in [-0.05, 0) is 25.5 Å². The first-order chi connectivity index (χ1) is 6.09. The smallest absolute Gasteiger partial charge is 0.135 e. The lowest BCUT2D eigenvalue weighted by Gasteiger charge is -2.27. The van der Waals surface area contributed by atoms with Gasteiger partial charge in [-0.2, -0.15) is 0 Å². The highest BCUT2D eigenvalue weighted by atomic mass is 32.2. The average molecular weight is 198 g/mol. The molecule has 1 heterocycles. The summed E-state index contributed by atoms with van der Waals surface area (Å²) in [6.45, 7) is 1.60.